The Morgan fingerprint density at radius 2 is 1.95 bits per heavy atom. The monoisotopic (exact) mass is 354 g/mol. The van der Waals surface area contributed by atoms with Gasteiger partial charge in [0.25, 0.3) is 0 Å². The maximum absolute atomic E-state index is 13.3. The van der Waals surface area contributed by atoms with Crippen molar-refractivity contribution in [1.29, 1.82) is 0 Å². The minimum absolute atomic E-state index is 0.274. The summed E-state index contributed by atoms with van der Waals surface area (Å²) in [4.78, 5) is 8.64. The molecule has 0 fully saturated rings. The molecule has 0 aliphatic carbocycles. The Balaban J connectivity index is 2.42. The highest BCUT2D eigenvalue weighted by molar-refractivity contribution is 9.10. The average Bonchev–Trinajstić information content (AvgIpc) is 2.41. The smallest absolute Gasteiger partial charge is 0.224 e. The third-order valence-corrected chi connectivity index (χ3v) is 3.28. The Hall–Kier alpha value is -1.73. The second-order valence-electron chi connectivity index (χ2n) is 5.49. The second-order valence-corrected chi connectivity index (χ2v) is 6.34. The third kappa shape index (κ3) is 3.89. The summed E-state index contributed by atoms with van der Waals surface area (Å²) in [7, 11) is 0. The van der Waals surface area contributed by atoms with Crippen LogP contribution in [0.1, 0.15) is 26.6 Å². The number of aromatic nitrogens is 2. The van der Waals surface area contributed by atoms with Crippen LogP contribution in [-0.2, 0) is 5.41 Å². The SMILES string of the molecule is CC(C)(C)c1nc(NN)cc(Oc2cc(F)ccc2Br)n1. The first-order valence-corrected chi connectivity index (χ1v) is 7.08. The maximum atomic E-state index is 13.3. The molecule has 0 saturated carbocycles. The van der Waals surface area contributed by atoms with Crippen LogP contribution in [0.5, 0.6) is 11.6 Å². The van der Waals surface area contributed by atoms with E-state index in [4.69, 9.17) is 10.6 Å². The van der Waals surface area contributed by atoms with Gasteiger partial charge in [-0.3, -0.25) is 0 Å². The van der Waals surface area contributed by atoms with E-state index in [1.807, 2.05) is 20.8 Å². The van der Waals surface area contributed by atoms with Gasteiger partial charge in [0.2, 0.25) is 5.88 Å². The number of anilines is 1. The zero-order valence-corrected chi connectivity index (χ0v) is 13.5. The van der Waals surface area contributed by atoms with E-state index in [9.17, 15) is 4.39 Å². The fraction of sp³-hybridized carbons (Fsp3) is 0.286. The molecule has 0 saturated heterocycles. The first-order valence-electron chi connectivity index (χ1n) is 6.28. The number of nitrogens with two attached hydrogens (primary N) is 1. The molecule has 5 nitrogen and oxygen atoms in total. The van der Waals surface area contributed by atoms with E-state index in [0.29, 0.717) is 21.9 Å². The largest absolute Gasteiger partial charge is 0.438 e. The van der Waals surface area contributed by atoms with E-state index >= 15 is 0 Å². The van der Waals surface area contributed by atoms with Crippen molar-refractivity contribution in [2.24, 2.45) is 5.84 Å². The van der Waals surface area contributed by atoms with Crippen molar-refractivity contribution in [2.45, 2.75) is 26.2 Å². The summed E-state index contributed by atoms with van der Waals surface area (Å²) in [5.74, 6) is 6.63. The van der Waals surface area contributed by atoms with Crippen LogP contribution in [0.25, 0.3) is 0 Å². The molecule has 7 heteroatoms. The summed E-state index contributed by atoms with van der Waals surface area (Å²) >= 11 is 3.31. The molecule has 0 atom stereocenters. The Bertz CT molecular complexity index is 658. The van der Waals surface area contributed by atoms with Crippen molar-refractivity contribution in [2.75, 3.05) is 5.43 Å². The van der Waals surface area contributed by atoms with Crippen LogP contribution in [0.15, 0.2) is 28.7 Å². The predicted molar refractivity (Wildman–Crippen MR) is 82.7 cm³/mol. The number of nitrogens with zero attached hydrogens (tertiary/aromatic N) is 2. The van der Waals surface area contributed by atoms with Crippen molar-refractivity contribution in [3.05, 3.63) is 40.4 Å². The molecule has 0 aliphatic heterocycles. The standard InChI is InChI=1S/C14H16BrFN4O/c1-14(2,3)13-18-11(20-17)7-12(19-13)21-10-6-8(16)4-5-9(10)15/h4-7H,17H2,1-3H3,(H,18,19,20). The van der Waals surface area contributed by atoms with Crippen molar-refractivity contribution >= 4 is 21.7 Å². The van der Waals surface area contributed by atoms with E-state index in [-0.39, 0.29) is 11.3 Å². The number of hydrogen-bond donors (Lipinski definition) is 2. The van der Waals surface area contributed by atoms with Gasteiger partial charge in [0.15, 0.2) is 0 Å². The highest BCUT2D eigenvalue weighted by atomic mass is 79.9. The number of benzene rings is 1. The number of nitrogen functional groups attached to an aromatic ring is 1. The molecular formula is C14H16BrFN4O. The molecule has 0 radical (unpaired) electrons. The maximum Gasteiger partial charge on any atom is 0.224 e. The van der Waals surface area contributed by atoms with Crippen LogP contribution < -0.4 is 16.0 Å². The van der Waals surface area contributed by atoms with E-state index in [1.165, 1.54) is 12.1 Å². The Morgan fingerprint density at radius 3 is 2.57 bits per heavy atom. The van der Waals surface area contributed by atoms with Crippen molar-refractivity contribution in [1.82, 2.24) is 9.97 Å². The first-order chi connectivity index (χ1) is 9.79. The molecular weight excluding hydrogens is 339 g/mol. The van der Waals surface area contributed by atoms with Crippen molar-refractivity contribution in [3.8, 4) is 11.6 Å². The lowest BCUT2D eigenvalue weighted by molar-refractivity contribution is 0.440. The van der Waals surface area contributed by atoms with Crippen LogP contribution in [0, 0.1) is 5.82 Å². The Kier molecular flexibility index (Phi) is 4.43. The van der Waals surface area contributed by atoms with Gasteiger partial charge in [-0.25, -0.2) is 15.2 Å². The number of ether oxygens (including phenoxy) is 1. The molecule has 1 heterocycles. The molecule has 1 aromatic carbocycles. The molecule has 3 N–H and O–H groups in total. The zero-order chi connectivity index (χ0) is 15.6. The Labute approximate surface area is 130 Å². The van der Waals surface area contributed by atoms with Crippen LogP contribution in [0.3, 0.4) is 0 Å². The van der Waals surface area contributed by atoms with E-state index in [1.54, 1.807) is 12.1 Å². The summed E-state index contributed by atoms with van der Waals surface area (Å²) in [5.41, 5.74) is 2.20. The van der Waals surface area contributed by atoms with Gasteiger partial charge >= 0.3 is 0 Å². The number of rotatable bonds is 3. The van der Waals surface area contributed by atoms with Gasteiger partial charge in [-0.1, -0.05) is 20.8 Å². The van der Waals surface area contributed by atoms with Gasteiger partial charge in [-0.2, -0.15) is 4.98 Å². The highest BCUT2D eigenvalue weighted by Crippen LogP contribution is 2.31. The van der Waals surface area contributed by atoms with E-state index < -0.39 is 5.82 Å². The zero-order valence-electron chi connectivity index (χ0n) is 11.9. The summed E-state index contributed by atoms with van der Waals surface area (Å²) in [5, 5.41) is 0. The number of halogens is 2. The second kappa shape index (κ2) is 5.95. The minimum atomic E-state index is -0.393. The number of nitrogens with one attached hydrogen (secondary N) is 1. The summed E-state index contributed by atoms with van der Waals surface area (Å²) in [6.07, 6.45) is 0. The van der Waals surface area contributed by atoms with E-state index in [0.717, 1.165) is 0 Å². The lowest BCUT2D eigenvalue weighted by Crippen LogP contribution is -2.19. The van der Waals surface area contributed by atoms with Crippen molar-refractivity contribution in [3.63, 3.8) is 0 Å². The first kappa shape index (κ1) is 15.7. The minimum Gasteiger partial charge on any atom is -0.438 e. The lowest BCUT2D eigenvalue weighted by atomic mass is 9.96. The lowest BCUT2D eigenvalue weighted by Gasteiger charge is -2.18. The molecule has 0 amide bonds. The summed E-state index contributed by atoms with van der Waals surface area (Å²) in [6, 6.07) is 5.73. The van der Waals surface area contributed by atoms with Gasteiger partial charge in [0.05, 0.1) is 4.47 Å². The van der Waals surface area contributed by atoms with Crippen LogP contribution in [0.2, 0.25) is 0 Å². The van der Waals surface area contributed by atoms with Gasteiger partial charge in [0.1, 0.15) is 23.2 Å². The van der Waals surface area contributed by atoms with Crippen LogP contribution >= 0.6 is 15.9 Å². The quantitative estimate of drug-likeness (QED) is 0.648. The molecule has 0 unspecified atom stereocenters. The Morgan fingerprint density at radius 1 is 1.24 bits per heavy atom. The average molecular weight is 355 g/mol. The number of hydrogen-bond acceptors (Lipinski definition) is 5. The van der Waals surface area contributed by atoms with Gasteiger partial charge < -0.3 is 10.2 Å². The topological polar surface area (TPSA) is 73.1 Å². The molecule has 0 spiro atoms. The predicted octanol–water partition coefficient (Wildman–Crippen LogP) is 3.75. The van der Waals surface area contributed by atoms with Crippen LogP contribution in [-0.4, -0.2) is 9.97 Å². The molecule has 21 heavy (non-hydrogen) atoms. The molecule has 0 aliphatic rings. The van der Waals surface area contributed by atoms with Gasteiger partial charge in [-0.15, -0.1) is 0 Å². The van der Waals surface area contributed by atoms with Crippen molar-refractivity contribution < 1.29 is 9.13 Å². The highest BCUT2D eigenvalue weighted by Gasteiger charge is 2.20. The fourth-order valence-electron chi connectivity index (χ4n) is 1.55. The normalized spacial score (nSPS) is 11.3. The van der Waals surface area contributed by atoms with Crippen LogP contribution in [0.4, 0.5) is 10.2 Å². The molecule has 2 aromatic rings. The van der Waals surface area contributed by atoms with Gasteiger partial charge in [-0.05, 0) is 28.1 Å². The van der Waals surface area contributed by atoms with Gasteiger partial charge in [0, 0.05) is 17.5 Å². The number of hydrazine groups is 1. The fourth-order valence-corrected chi connectivity index (χ4v) is 1.88. The molecule has 112 valence electrons. The molecule has 0 bridgehead atoms. The van der Waals surface area contributed by atoms with E-state index in [2.05, 4.69) is 31.3 Å². The summed E-state index contributed by atoms with van der Waals surface area (Å²) < 4.78 is 19.6. The third-order valence-electron chi connectivity index (χ3n) is 2.63. The summed E-state index contributed by atoms with van der Waals surface area (Å²) in [6.45, 7) is 5.93. The molecule has 1 aromatic heterocycles. The molecule has 2 rings (SSSR count).